The molecule has 8 nitrogen and oxygen atoms in total. The maximum atomic E-state index is 12.3. The summed E-state index contributed by atoms with van der Waals surface area (Å²) >= 11 is 1.15. The molecule has 28 heavy (non-hydrogen) atoms. The maximum absolute atomic E-state index is 12.3. The van der Waals surface area contributed by atoms with Gasteiger partial charge in [-0.25, -0.2) is 8.42 Å². The van der Waals surface area contributed by atoms with Gasteiger partial charge in [0.25, 0.3) is 10.0 Å². The van der Waals surface area contributed by atoms with Crippen LogP contribution in [-0.4, -0.2) is 28.9 Å². The van der Waals surface area contributed by atoms with Crippen LogP contribution in [0.1, 0.15) is 5.56 Å². The average Bonchev–Trinajstić information content (AvgIpc) is 3.34. The normalized spacial score (nSPS) is 11.4. The van der Waals surface area contributed by atoms with E-state index in [-0.39, 0.29) is 16.5 Å². The second kappa shape index (κ2) is 7.41. The van der Waals surface area contributed by atoms with Crippen molar-refractivity contribution in [1.82, 2.24) is 14.6 Å². The number of thiophene rings is 1. The number of benzene rings is 1. The number of rotatable bonds is 6. The summed E-state index contributed by atoms with van der Waals surface area (Å²) in [5.74, 6) is 0.103. The van der Waals surface area contributed by atoms with Crippen molar-refractivity contribution in [2.45, 2.75) is 10.6 Å². The van der Waals surface area contributed by atoms with Gasteiger partial charge in [0.2, 0.25) is 11.9 Å². The van der Waals surface area contributed by atoms with Crippen LogP contribution < -0.4 is 10.0 Å². The number of carbonyl (C=O) groups excluding carboxylic acids is 1. The Labute approximate surface area is 164 Å². The second-order valence-corrected chi connectivity index (χ2v) is 8.77. The molecule has 3 heterocycles. The number of nitrogens with zero attached hydrogens (tertiary/aromatic N) is 3. The molecule has 1 aromatic carbocycles. The molecular weight excluding hydrogens is 398 g/mol. The Morgan fingerprint density at radius 1 is 1.04 bits per heavy atom. The fourth-order valence-electron chi connectivity index (χ4n) is 2.59. The number of hydrogen-bond acceptors (Lipinski definition) is 6. The van der Waals surface area contributed by atoms with Gasteiger partial charge in [-0.1, -0.05) is 24.3 Å². The highest BCUT2D eigenvalue weighted by atomic mass is 32.2. The fraction of sp³-hybridized carbons (Fsp3) is 0.0556. The monoisotopic (exact) mass is 413 g/mol. The van der Waals surface area contributed by atoms with Crippen LogP contribution in [0.4, 0.5) is 11.6 Å². The van der Waals surface area contributed by atoms with Gasteiger partial charge in [0.15, 0.2) is 5.65 Å². The summed E-state index contributed by atoms with van der Waals surface area (Å²) < 4.78 is 28.9. The van der Waals surface area contributed by atoms with Crippen molar-refractivity contribution in [2.75, 3.05) is 10.0 Å². The number of carbonyl (C=O) groups is 1. The van der Waals surface area contributed by atoms with Crippen LogP contribution in [0.2, 0.25) is 0 Å². The van der Waals surface area contributed by atoms with Crippen LogP contribution in [0, 0.1) is 0 Å². The smallest absolute Gasteiger partial charge is 0.271 e. The molecular formula is C18H15N5O3S2. The Kier molecular flexibility index (Phi) is 4.80. The molecule has 1 amide bonds. The topological polar surface area (TPSA) is 105 Å². The predicted octanol–water partition coefficient (Wildman–Crippen LogP) is 2.77. The van der Waals surface area contributed by atoms with E-state index in [2.05, 4.69) is 20.2 Å². The van der Waals surface area contributed by atoms with E-state index in [0.717, 1.165) is 16.9 Å². The van der Waals surface area contributed by atoms with E-state index in [1.54, 1.807) is 58.4 Å². The molecule has 3 aromatic heterocycles. The molecule has 0 fully saturated rings. The third-order valence-corrected chi connectivity index (χ3v) is 6.67. The largest absolute Gasteiger partial charge is 0.294 e. The number of fused-ring (bicyclic) bond motifs is 1. The molecule has 0 aliphatic carbocycles. The lowest BCUT2D eigenvalue weighted by molar-refractivity contribution is -0.115. The molecule has 2 N–H and O–H groups in total. The van der Waals surface area contributed by atoms with Gasteiger partial charge >= 0.3 is 0 Å². The Morgan fingerprint density at radius 3 is 2.61 bits per heavy atom. The molecule has 0 aliphatic rings. The minimum Gasteiger partial charge on any atom is -0.294 e. The van der Waals surface area contributed by atoms with Crippen molar-refractivity contribution in [3.05, 3.63) is 71.7 Å². The molecule has 0 aliphatic heterocycles. The van der Waals surface area contributed by atoms with E-state index < -0.39 is 10.0 Å². The molecule has 10 heteroatoms. The van der Waals surface area contributed by atoms with E-state index in [0.29, 0.717) is 17.3 Å². The van der Waals surface area contributed by atoms with Gasteiger partial charge in [0.1, 0.15) is 4.21 Å². The molecule has 0 spiro atoms. The van der Waals surface area contributed by atoms with Crippen molar-refractivity contribution < 1.29 is 13.2 Å². The number of amides is 1. The summed E-state index contributed by atoms with van der Waals surface area (Å²) in [4.78, 5) is 12.3. The Morgan fingerprint density at radius 2 is 1.86 bits per heavy atom. The zero-order valence-electron chi connectivity index (χ0n) is 14.4. The summed E-state index contributed by atoms with van der Waals surface area (Å²) in [6, 6.07) is 15.3. The number of hydrogen-bond donors (Lipinski definition) is 2. The average molecular weight is 413 g/mol. The van der Waals surface area contributed by atoms with Crippen molar-refractivity contribution in [3.8, 4) is 0 Å². The standard InChI is InChI=1S/C18H15N5O3S2/c24-16(19-18-21-20-15-4-1-2-10-23(15)18)12-13-6-8-14(9-7-13)22-28(25,26)17-5-3-11-27-17/h1-11,22H,12H2,(H,19,21,24). The van der Waals surface area contributed by atoms with E-state index in [4.69, 9.17) is 0 Å². The Balaban J connectivity index is 1.41. The molecule has 142 valence electrons. The quantitative estimate of drug-likeness (QED) is 0.506. The molecule has 0 atom stereocenters. The summed E-state index contributed by atoms with van der Waals surface area (Å²) in [7, 11) is -3.59. The van der Waals surface area contributed by atoms with Crippen molar-refractivity contribution in [1.29, 1.82) is 0 Å². The lowest BCUT2D eigenvalue weighted by Gasteiger charge is -2.08. The summed E-state index contributed by atoms with van der Waals surface area (Å²) in [5.41, 5.74) is 1.81. The first-order valence-corrected chi connectivity index (χ1v) is 10.6. The first kappa shape index (κ1) is 18.1. The van der Waals surface area contributed by atoms with Gasteiger partial charge in [0, 0.05) is 11.9 Å². The third kappa shape index (κ3) is 3.87. The number of sulfonamides is 1. The molecule has 0 bridgehead atoms. The van der Waals surface area contributed by atoms with E-state index in [9.17, 15) is 13.2 Å². The maximum Gasteiger partial charge on any atom is 0.271 e. The van der Waals surface area contributed by atoms with Crippen LogP contribution in [0.5, 0.6) is 0 Å². The van der Waals surface area contributed by atoms with Gasteiger partial charge in [-0.2, -0.15) is 0 Å². The highest BCUT2D eigenvalue weighted by Crippen LogP contribution is 2.20. The number of aromatic nitrogens is 3. The van der Waals surface area contributed by atoms with Gasteiger partial charge < -0.3 is 0 Å². The number of pyridine rings is 1. The predicted molar refractivity (Wildman–Crippen MR) is 107 cm³/mol. The van der Waals surface area contributed by atoms with Crippen molar-refractivity contribution in [3.63, 3.8) is 0 Å². The molecule has 0 saturated heterocycles. The van der Waals surface area contributed by atoms with Gasteiger partial charge in [0.05, 0.1) is 6.42 Å². The minimum absolute atomic E-state index is 0.125. The van der Waals surface area contributed by atoms with Crippen molar-refractivity contribution >= 4 is 44.6 Å². The van der Waals surface area contributed by atoms with Crippen LogP contribution in [0.3, 0.4) is 0 Å². The number of anilines is 2. The Hall–Kier alpha value is -3.24. The first-order valence-electron chi connectivity index (χ1n) is 8.26. The van der Waals surface area contributed by atoms with Gasteiger partial charge in [-0.3, -0.25) is 19.2 Å². The van der Waals surface area contributed by atoms with Crippen LogP contribution in [0.15, 0.2) is 70.4 Å². The highest BCUT2D eigenvalue weighted by molar-refractivity contribution is 7.94. The molecule has 0 radical (unpaired) electrons. The first-order chi connectivity index (χ1) is 13.5. The zero-order valence-corrected chi connectivity index (χ0v) is 16.1. The SMILES string of the molecule is O=C(Cc1ccc(NS(=O)(=O)c2cccs2)cc1)Nc1nnc2ccccn12. The lowest BCUT2D eigenvalue weighted by atomic mass is 10.1. The molecule has 0 saturated carbocycles. The number of nitrogens with one attached hydrogen (secondary N) is 2. The van der Waals surface area contributed by atoms with Gasteiger partial charge in [-0.15, -0.1) is 21.5 Å². The molecule has 4 aromatic rings. The fourth-order valence-corrected chi connectivity index (χ4v) is 4.64. The second-order valence-electron chi connectivity index (χ2n) is 5.91. The van der Waals surface area contributed by atoms with Crippen LogP contribution in [0.25, 0.3) is 5.65 Å². The summed E-state index contributed by atoms with van der Waals surface area (Å²) in [6.45, 7) is 0. The molecule has 4 rings (SSSR count). The van der Waals surface area contributed by atoms with E-state index in [1.807, 2.05) is 12.1 Å². The zero-order chi connectivity index (χ0) is 19.6. The molecule has 0 unspecified atom stereocenters. The van der Waals surface area contributed by atoms with E-state index in [1.165, 1.54) is 0 Å². The Bertz CT molecular complexity index is 1220. The lowest BCUT2D eigenvalue weighted by Crippen LogP contribution is -2.16. The highest BCUT2D eigenvalue weighted by Gasteiger charge is 2.15. The van der Waals surface area contributed by atoms with E-state index >= 15 is 0 Å². The van der Waals surface area contributed by atoms with Crippen LogP contribution in [-0.2, 0) is 21.2 Å². The van der Waals surface area contributed by atoms with Crippen molar-refractivity contribution in [2.24, 2.45) is 0 Å². The van der Waals surface area contributed by atoms with Gasteiger partial charge in [-0.05, 0) is 41.3 Å². The summed E-state index contributed by atoms with van der Waals surface area (Å²) in [6.07, 6.45) is 1.89. The third-order valence-electron chi connectivity index (χ3n) is 3.90. The van der Waals surface area contributed by atoms with Crippen LogP contribution >= 0.6 is 11.3 Å². The summed E-state index contributed by atoms with van der Waals surface area (Å²) in [5, 5.41) is 12.4. The minimum atomic E-state index is -3.59.